The van der Waals surface area contributed by atoms with Crippen molar-refractivity contribution in [2.24, 2.45) is 0 Å². The fourth-order valence-corrected chi connectivity index (χ4v) is 4.45. The number of thiophene rings is 1. The minimum Gasteiger partial charge on any atom is -0.383 e. The minimum absolute atomic E-state index is 0.0157. The highest BCUT2D eigenvalue weighted by Gasteiger charge is 2.18. The average molecular weight is 372 g/mol. The predicted molar refractivity (Wildman–Crippen MR) is 109 cm³/mol. The summed E-state index contributed by atoms with van der Waals surface area (Å²) < 4.78 is 1.18. The molecule has 0 bridgehead atoms. The highest BCUT2D eigenvalue weighted by atomic mass is 32.1. The molecule has 3 N–H and O–H groups in total. The third-order valence-corrected chi connectivity index (χ3v) is 5.89. The van der Waals surface area contributed by atoms with Crippen molar-refractivity contribution in [2.45, 2.75) is 6.42 Å². The number of hydrogen-bond donors (Lipinski definition) is 2. The Hall–Kier alpha value is -3.25. The quantitative estimate of drug-likeness (QED) is 0.559. The lowest BCUT2D eigenvalue weighted by molar-refractivity contribution is 0.0946. The highest BCUT2D eigenvalue weighted by molar-refractivity contribution is 7.17. The molecule has 0 atom stereocenters. The van der Waals surface area contributed by atoms with E-state index in [1.165, 1.54) is 4.70 Å². The third kappa shape index (κ3) is 2.65. The van der Waals surface area contributed by atoms with Crippen LogP contribution in [0.5, 0.6) is 0 Å². The lowest BCUT2D eigenvalue weighted by Crippen LogP contribution is -2.31. The lowest BCUT2D eigenvalue weighted by Gasteiger charge is -2.18. The summed E-state index contributed by atoms with van der Waals surface area (Å²) in [6, 6.07) is 9.98. The van der Waals surface area contributed by atoms with Gasteiger partial charge in [-0.1, -0.05) is 12.1 Å². The second-order valence-corrected chi connectivity index (χ2v) is 7.48. The monoisotopic (exact) mass is 372 g/mol. The molecular weight excluding hydrogens is 356 g/mol. The van der Waals surface area contributed by atoms with E-state index in [9.17, 15) is 4.79 Å². The normalized spacial score (nSPS) is 13.4. The van der Waals surface area contributed by atoms with Gasteiger partial charge < -0.3 is 11.1 Å². The maximum Gasteiger partial charge on any atom is 0.251 e. The van der Waals surface area contributed by atoms with E-state index in [0.29, 0.717) is 12.4 Å². The number of fused-ring (bicyclic) bond motifs is 2. The van der Waals surface area contributed by atoms with Crippen LogP contribution in [0.15, 0.2) is 54.3 Å². The Bertz CT molecular complexity index is 1200. The van der Waals surface area contributed by atoms with Gasteiger partial charge in [0.25, 0.3) is 5.91 Å². The van der Waals surface area contributed by atoms with E-state index in [2.05, 4.69) is 38.9 Å². The first-order valence-electron chi connectivity index (χ1n) is 8.69. The molecule has 1 amide bonds. The standard InChI is InChI=1S/C21H16N4OS/c22-20-17(12-1-2-16-13(7-12)3-5-24-21(16)26)8-15(10-25-20)18-11-23-9-14-4-6-27-19(14)18/h1-2,4,6-11H,3,5H2,(H2,22,25)(H,24,26). The number of hydrogen-bond acceptors (Lipinski definition) is 5. The van der Waals surface area contributed by atoms with Crippen molar-refractivity contribution in [2.75, 3.05) is 12.3 Å². The van der Waals surface area contributed by atoms with E-state index < -0.39 is 0 Å². The topological polar surface area (TPSA) is 80.9 Å². The molecule has 3 aromatic heterocycles. The summed E-state index contributed by atoms with van der Waals surface area (Å²) in [6.45, 7) is 0.662. The van der Waals surface area contributed by atoms with Gasteiger partial charge >= 0.3 is 0 Å². The molecule has 0 aliphatic carbocycles. The van der Waals surface area contributed by atoms with E-state index in [0.717, 1.165) is 45.2 Å². The van der Waals surface area contributed by atoms with E-state index in [1.54, 1.807) is 17.5 Å². The van der Waals surface area contributed by atoms with Crippen molar-refractivity contribution in [1.82, 2.24) is 15.3 Å². The molecule has 1 aromatic carbocycles. The zero-order valence-electron chi connectivity index (χ0n) is 14.4. The van der Waals surface area contributed by atoms with Crippen LogP contribution >= 0.6 is 11.3 Å². The summed E-state index contributed by atoms with van der Waals surface area (Å²) in [6.07, 6.45) is 6.35. The molecule has 1 aliphatic heterocycles. The number of benzene rings is 1. The van der Waals surface area contributed by atoms with Gasteiger partial charge in [-0.2, -0.15) is 0 Å². The van der Waals surface area contributed by atoms with Crippen molar-refractivity contribution in [3.05, 3.63) is 65.4 Å². The fraction of sp³-hybridized carbons (Fsp3) is 0.0952. The number of pyridine rings is 2. The Balaban J connectivity index is 1.65. The molecule has 5 rings (SSSR count). The highest BCUT2D eigenvalue weighted by Crippen LogP contribution is 2.35. The first-order chi connectivity index (χ1) is 13.2. The largest absolute Gasteiger partial charge is 0.383 e. The number of nitrogens with zero attached hydrogens (tertiary/aromatic N) is 2. The number of carbonyl (C=O) groups excluding carboxylic acids is 1. The van der Waals surface area contributed by atoms with Gasteiger partial charge in [0.1, 0.15) is 5.82 Å². The number of rotatable bonds is 2. The van der Waals surface area contributed by atoms with Crippen LogP contribution in [0.25, 0.3) is 32.3 Å². The molecule has 6 heteroatoms. The number of nitrogen functional groups attached to an aromatic ring is 1. The van der Waals surface area contributed by atoms with Crippen LogP contribution in [-0.2, 0) is 6.42 Å². The molecule has 0 saturated heterocycles. The zero-order valence-corrected chi connectivity index (χ0v) is 15.2. The van der Waals surface area contributed by atoms with Crippen LogP contribution in [0.2, 0.25) is 0 Å². The molecule has 27 heavy (non-hydrogen) atoms. The van der Waals surface area contributed by atoms with Crippen LogP contribution in [0.1, 0.15) is 15.9 Å². The zero-order chi connectivity index (χ0) is 18.4. The first-order valence-corrected chi connectivity index (χ1v) is 9.57. The van der Waals surface area contributed by atoms with Crippen molar-refractivity contribution in [3.8, 4) is 22.3 Å². The molecule has 0 saturated carbocycles. The van der Waals surface area contributed by atoms with E-state index >= 15 is 0 Å². The van der Waals surface area contributed by atoms with Crippen molar-refractivity contribution in [3.63, 3.8) is 0 Å². The Morgan fingerprint density at radius 1 is 1.00 bits per heavy atom. The van der Waals surface area contributed by atoms with Crippen molar-refractivity contribution >= 4 is 33.1 Å². The van der Waals surface area contributed by atoms with Gasteiger partial charge in [-0.25, -0.2) is 4.98 Å². The number of aromatic nitrogens is 2. The van der Waals surface area contributed by atoms with Gasteiger partial charge in [0, 0.05) is 57.5 Å². The van der Waals surface area contributed by atoms with E-state index in [-0.39, 0.29) is 5.91 Å². The van der Waals surface area contributed by atoms with Gasteiger partial charge in [0.2, 0.25) is 0 Å². The number of amides is 1. The maximum absolute atomic E-state index is 12.0. The molecule has 0 spiro atoms. The van der Waals surface area contributed by atoms with Crippen LogP contribution in [0, 0.1) is 0 Å². The van der Waals surface area contributed by atoms with Crippen LogP contribution in [0.4, 0.5) is 5.82 Å². The lowest BCUT2D eigenvalue weighted by atomic mass is 9.94. The summed E-state index contributed by atoms with van der Waals surface area (Å²) in [7, 11) is 0. The van der Waals surface area contributed by atoms with Gasteiger partial charge in [-0.15, -0.1) is 11.3 Å². The SMILES string of the molecule is Nc1ncc(-c2cncc3ccsc23)cc1-c1ccc2c(c1)CCNC2=O. The predicted octanol–water partition coefficient (Wildman–Crippen LogP) is 3.89. The number of nitrogens with two attached hydrogens (primary N) is 1. The summed E-state index contributed by atoms with van der Waals surface area (Å²) in [4.78, 5) is 20.8. The minimum atomic E-state index is -0.0157. The molecule has 4 aromatic rings. The summed E-state index contributed by atoms with van der Waals surface area (Å²) in [5.41, 5.74) is 11.8. The van der Waals surface area contributed by atoms with Gasteiger partial charge in [0.15, 0.2) is 0 Å². The summed E-state index contributed by atoms with van der Waals surface area (Å²) in [5, 5.41) is 6.06. The van der Waals surface area contributed by atoms with E-state index in [1.807, 2.05) is 24.5 Å². The summed E-state index contributed by atoms with van der Waals surface area (Å²) in [5.74, 6) is 0.461. The molecule has 132 valence electrons. The first kappa shape index (κ1) is 16.0. The van der Waals surface area contributed by atoms with E-state index in [4.69, 9.17) is 5.73 Å². The number of anilines is 1. The third-order valence-electron chi connectivity index (χ3n) is 4.93. The Labute approximate surface area is 159 Å². The Morgan fingerprint density at radius 3 is 2.85 bits per heavy atom. The van der Waals surface area contributed by atoms with Gasteiger partial charge in [-0.05, 0) is 41.1 Å². The molecular formula is C21H16N4OS. The second kappa shape index (κ2) is 6.17. The van der Waals surface area contributed by atoms with Crippen LogP contribution < -0.4 is 11.1 Å². The maximum atomic E-state index is 12.0. The van der Waals surface area contributed by atoms with Gasteiger partial charge in [-0.3, -0.25) is 9.78 Å². The molecule has 1 aliphatic rings. The molecule has 0 fully saturated rings. The number of carbonyl (C=O) groups is 1. The van der Waals surface area contributed by atoms with Gasteiger partial charge in [0.05, 0.1) is 0 Å². The molecule has 0 radical (unpaired) electrons. The Kier molecular flexibility index (Phi) is 3.65. The Morgan fingerprint density at radius 2 is 1.93 bits per heavy atom. The fourth-order valence-electron chi connectivity index (χ4n) is 3.55. The smallest absolute Gasteiger partial charge is 0.251 e. The molecule has 5 nitrogen and oxygen atoms in total. The van der Waals surface area contributed by atoms with Crippen molar-refractivity contribution in [1.29, 1.82) is 0 Å². The van der Waals surface area contributed by atoms with Crippen molar-refractivity contribution < 1.29 is 4.79 Å². The molecule has 0 unspecified atom stereocenters. The molecule has 4 heterocycles. The average Bonchev–Trinajstić information content (AvgIpc) is 3.17. The second-order valence-electron chi connectivity index (χ2n) is 6.56. The van der Waals surface area contributed by atoms with Crippen LogP contribution in [-0.4, -0.2) is 22.4 Å². The summed E-state index contributed by atoms with van der Waals surface area (Å²) >= 11 is 1.69. The number of nitrogens with one attached hydrogen (secondary N) is 1. The van der Waals surface area contributed by atoms with Crippen LogP contribution in [0.3, 0.4) is 0 Å².